The first kappa shape index (κ1) is 14.3. The fourth-order valence-corrected chi connectivity index (χ4v) is 1.14. The van der Waals surface area contributed by atoms with Crippen LogP contribution in [0.5, 0.6) is 0 Å². The monoisotopic (exact) mass is 220 g/mol. The van der Waals surface area contributed by atoms with Gasteiger partial charge in [0.05, 0.1) is 31.3 Å². The number of carboxylic acid groups (broad SMARTS) is 1. The number of rotatable bonds is 8. The van der Waals surface area contributed by atoms with E-state index in [1.807, 2.05) is 6.92 Å². The number of carboxylic acids is 1. The molecule has 0 aliphatic carbocycles. The van der Waals surface area contributed by atoms with Crippen molar-refractivity contribution in [2.24, 2.45) is 5.92 Å². The summed E-state index contributed by atoms with van der Waals surface area (Å²) in [6.07, 6.45) is -0.630. The second-order valence-electron chi connectivity index (χ2n) is 3.73. The summed E-state index contributed by atoms with van der Waals surface area (Å²) in [5, 5.41) is 18.1. The van der Waals surface area contributed by atoms with E-state index >= 15 is 0 Å². The van der Waals surface area contributed by atoms with Gasteiger partial charge < -0.3 is 19.7 Å². The molecule has 0 aromatic carbocycles. The Labute approximate surface area is 90.0 Å². The molecule has 0 amide bonds. The van der Waals surface area contributed by atoms with Gasteiger partial charge in [-0.15, -0.1) is 0 Å². The molecule has 0 bridgehead atoms. The third-order valence-corrected chi connectivity index (χ3v) is 2.02. The van der Waals surface area contributed by atoms with Gasteiger partial charge in [0, 0.05) is 7.11 Å². The number of aliphatic hydroxyl groups is 1. The number of aliphatic hydroxyl groups excluding tert-OH is 1. The molecule has 5 nitrogen and oxygen atoms in total. The minimum absolute atomic E-state index is 0.0928. The molecule has 0 aromatic rings. The SMILES string of the molecule is COCC(C)OCC(O)CC(C)C(=O)O. The highest BCUT2D eigenvalue weighted by atomic mass is 16.5. The molecule has 0 saturated heterocycles. The molecule has 0 rings (SSSR count). The van der Waals surface area contributed by atoms with Gasteiger partial charge in [-0.1, -0.05) is 6.92 Å². The van der Waals surface area contributed by atoms with E-state index in [0.29, 0.717) is 6.61 Å². The predicted molar refractivity (Wildman–Crippen MR) is 54.7 cm³/mol. The number of hydrogen-bond donors (Lipinski definition) is 2. The average molecular weight is 220 g/mol. The molecular weight excluding hydrogens is 200 g/mol. The molecule has 0 aromatic heterocycles. The summed E-state index contributed by atoms with van der Waals surface area (Å²) >= 11 is 0. The Hall–Kier alpha value is -0.650. The molecule has 2 N–H and O–H groups in total. The fraction of sp³-hybridized carbons (Fsp3) is 0.900. The Morgan fingerprint density at radius 1 is 1.33 bits per heavy atom. The van der Waals surface area contributed by atoms with Crippen molar-refractivity contribution >= 4 is 5.97 Å². The van der Waals surface area contributed by atoms with E-state index in [1.165, 1.54) is 0 Å². The lowest BCUT2D eigenvalue weighted by molar-refractivity contribution is -0.142. The zero-order valence-electron chi connectivity index (χ0n) is 9.47. The number of hydrogen-bond acceptors (Lipinski definition) is 4. The number of carbonyl (C=O) groups is 1. The van der Waals surface area contributed by atoms with E-state index in [0.717, 1.165) is 0 Å². The minimum Gasteiger partial charge on any atom is -0.481 e. The molecule has 0 heterocycles. The number of methoxy groups -OCH3 is 1. The van der Waals surface area contributed by atoms with Gasteiger partial charge in [-0.05, 0) is 13.3 Å². The van der Waals surface area contributed by atoms with Crippen LogP contribution in [0.1, 0.15) is 20.3 Å². The molecule has 3 atom stereocenters. The van der Waals surface area contributed by atoms with E-state index in [1.54, 1.807) is 14.0 Å². The van der Waals surface area contributed by atoms with Gasteiger partial charge in [-0.2, -0.15) is 0 Å². The lowest BCUT2D eigenvalue weighted by Crippen LogP contribution is -2.26. The number of ether oxygens (including phenoxy) is 2. The van der Waals surface area contributed by atoms with Crippen LogP contribution in [0.25, 0.3) is 0 Å². The van der Waals surface area contributed by atoms with Crippen LogP contribution >= 0.6 is 0 Å². The lowest BCUT2D eigenvalue weighted by atomic mass is 10.0. The Balaban J connectivity index is 3.65. The van der Waals surface area contributed by atoms with Crippen molar-refractivity contribution in [2.45, 2.75) is 32.5 Å². The van der Waals surface area contributed by atoms with E-state index in [-0.39, 0.29) is 19.1 Å². The maximum absolute atomic E-state index is 10.5. The van der Waals surface area contributed by atoms with Gasteiger partial charge in [0.25, 0.3) is 0 Å². The summed E-state index contributed by atoms with van der Waals surface area (Å²) in [6, 6.07) is 0. The molecule has 0 aliphatic heterocycles. The van der Waals surface area contributed by atoms with Crippen molar-refractivity contribution in [3.63, 3.8) is 0 Å². The Morgan fingerprint density at radius 3 is 2.40 bits per heavy atom. The zero-order chi connectivity index (χ0) is 11.8. The highest BCUT2D eigenvalue weighted by Gasteiger charge is 2.17. The van der Waals surface area contributed by atoms with Crippen molar-refractivity contribution in [1.29, 1.82) is 0 Å². The first-order chi connectivity index (χ1) is 6.97. The van der Waals surface area contributed by atoms with Crippen LogP contribution in [0.3, 0.4) is 0 Å². The standard InChI is InChI=1S/C10H20O5/c1-7(10(12)13)4-9(11)6-15-8(2)5-14-3/h7-9,11H,4-6H2,1-3H3,(H,12,13). The topological polar surface area (TPSA) is 76.0 Å². The summed E-state index contributed by atoms with van der Waals surface area (Å²) in [5.74, 6) is -1.46. The zero-order valence-corrected chi connectivity index (χ0v) is 9.47. The minimum atomic E-state index is -0.904. The third-order valence-electron chi connectivity index (χ3n) is 2.02. The van der Waals surface area contributed by atoms with E-state index in [4.69, 9.17) is 14.6 Å². The van der Waals surface area contributed by atoms with Crippen LogP contribution in [-0.4, -0.2) is 48.7 Å². The molecule has 5 heteroatoms. The Bertz CT molecular complexity index is 183. The highest BCUT2D eigenvalue weighted by molar-refractivity contribution is 5.69. The third kappa shape index (κ3) is 7.30. The molecule has 3 unspecified atom stereocenters. The van der Waals surface area contributed by atoms with Crippen molar-refractivity contribution < 1.29 is 24.5 Å². The van der Waals surface area contributed by atoms with Crippen molar-refractivity contribution in [3.05, 3.63) is 0 Å². The molecule has 90 valence electrons. The van der Waals surface area contributed by atoms with Gasteiger partial charge in [0.15, 0.2) is 0 Å². The molecule has 0 aliphatic rings. The van der Waals surface area contributed by atoms with E-state index < -0.39 is 18.0 Å². The van der Waals surface area contributed by atoms with Crippen LogP contribution in [-0.2, 0) is 14.3 Å². The summed E-state index contributed by atoms with van der Waals surface area (Å²) in [7, 11) is 1.57. The number of aliphatic carboxylic acids is 1. The second-order valence-corrected chi connectivity index (χ2v) is 3.73. The Morgan fingerprint density at radius 2 is 1.93 bits per heavy atom. The maximum Gasteiger partial charge on any atom is 0.306 e. The van der Waals surface area contributed by atoms with Crippen molar-refractivity contribution in [1.82, 2.24) is 0 Å². The highest BCUT2D eigenvalue weighted by Crippen LogP contribution is 2.07. The smallest absolute Gasteiger partial charge is 0.306 e. The van der Waals surface area contributed by atoms with Crippen LogP contribution in [0, 0.1) is 5.92 Å². The van der Waals surface area contributed by atoms with E-state index in [2.05, 4.69) is 0 Å². The van der Waals surface area contributed by atoms with Crippen LogP contribution in [0.2, 0.25) is 0 Å². The quantitative estimate of drug-likeness (QED) is 0.623. The largest absolute Gasteiger partial charge is 0.481 e. The van der Waals surface area contributed by atoms with Gasteiger partial charge in [-0.3, -0.25) is 4.79 Å². The summed E-state index contributed by atoms with van der Waals surface area (Å²) in [5.41, 5.74) is 0. The van der Waals surface area contributed by atoms with Crippen LogP contribution in [0.15, 0.2) is 0 Å². The summed E-state index contributed by atoms with van der Waals surface area (Å²) < 4.78 is 10.1. The molecule has 0 fully saturated rings. The molecule has 0 saturated carbocycles. The van der Waals surface area contributed by atoms with Gasteiger partial charge in [-0.25, -0.2) is 0 Å². The van der Waals surface area contributed by atoms with Gasteiger partial charge in [0.2, 0.25) is 0 Å². The van der Waals surface area contributed by atoms with Gasteiger partial charge >= 0.3 is 5.97 Å². The average Bonchev–Trinajstić information content (AvgIpc) is 2.15. The van der Waals surface area contributed by atoms with Crippen molar-refractivity contribution in [2.75, 3.05) is 20.3 Å². The Kier molecular flexibility index (Phi) is 7.29. The summed E-state index contributed by atoms with van der Waals surface area (Å²) in [4.78, 5) is 10.5. The molecule has 0 spiro atoms. The first-order valence-electron chi connectivity index (χ1n) is 4.98. The van der Waals surface area contributed by atoms with E-state index in [9.17, 15) is 9.90 Å². The molecular formula is C10H20O5. The molecule has 15 heavy (non-hydrogen) atoms. The maximum atomic E-state index is 10.5. The normalized spacial score (nSPS) is 17.1. The predicted octanol–water partition coefficient (Wildman–Crippen LogP) is 0.510. The first-order valence-corrected chi connectivity index (χ1v) is 4.98. The fourth-order valence-electron chi connectivity index (χ4n) is 1.14. The van der Waals surface area contributed by atoms with Crippen LogP contribution in [0.4, 0.5) is 0 Å². The lowest BCUT2D eigenvalue weighted by Gasteiger charge is -2.17. The van der Waals surface area contributed by atoms with Crippen molar-refractivity contribution in [3.8, 4) is 0 Å². The van der Waals surface area contributed by atoms with Gasteiger partial charge in [0.1, 0.15) is 0 Å². The van der Waals surface area contributed by atoms with Crippen LogP contribution < -0.4 is 0 Å². The summed E-state index contributed by atoms with van der Waals surface area (Å²) in [6.45, 7) is 3.99. The molecule has 0 radical (unpaired) electrons. The second kappa shape index (κ2) is 7.62.